The van der Waals surface area contributed by atoms with E-state index in [1.165, 1.54) is 4.31 Å². The number of piperidine rings is 1. The molecule has 0 aromatic rings. The quantitative estimate of drug-likeness (QED) is 0.821. The first-order chi connectivity index (χ1) is 9.14. The topological polar surface area (TPSA) is 78.5 Å². The van der Waals surface area contributed by atoms with Crippen LogP contribution in [0.15, 0.2) is 0 Å². The normalized spacial score (nSPS) is 18.8. The van der Waals surface area contributed by atoms with Crippen molar-refractivity contribution in [1.82, 2.24) is 14.9 Å². The molecule has 0 atom stereocenters. The van der Waals surface area contributed by atoms with Crippen molar-refractivity contribution in [2.45, 2.75) is 58.5 Å². The Morgan fingerprint density at radius 1 is 1.25 bits per heavy atom. The fourth-order valence-corrected chi connectivity index (χ4v) is 3.77. The summed E-state index contributed by atoms with van der Waals surface area (Å²) in [6.07, 6.45) is 1.97. The molecule has 0 bridgehead atoms. The molecule has 0 aliphatic carbocycles. The molecule has 1 rings (SSSR count). The molecule has 2 amide bonds. The van der Waals surface area contributed by atoms with E-state index >= 15 is 0 Å². The van der Waals surface area contributed by atoms with Crippen molar-refractivity contribution in [3.8, 4) is 0 Å². The Kier molecular flexibility index (Phi) is 5.82. The molecule has 20 heavy (non-hydrogen) atoms. The standard InChI is InChI=1S/C13H27N3O3S/c1-5-10-20(18,19)16-8-6-11(7-9-16)14-12(17)15-13(2,3)4/h11H,5-10H2,1-4H3,(H2,14,15,17). The lowest BCUT2D eigenvalue weighted by atomic mass is 10.1. The van der Waals surface area contributed by atoms with Crippen molar-refractivity contribution in [3.05, 3.63) is 0 Å². The van der Waals surface area contributed by atoms with Crippen LogP contribution in [0.1, 0.15) is 47.0 Å². The van der Waals surface area contributed by atoms with Gasteiger partial charge in [-0.15, -0.1) is 0 Å². The summed E-state index contributed by atoms with van der Waals surface area (Å²) in [4.78, 5) is 11.8. The minimum absolute atomic E-state index is 0.0467. The second-order valence-corrected chi connectivity index (χ2v) is 8.43. The summed E-state index contributed by atoms with van der Waals surface area (Å²) in [5.41, 5.74) is -0.269. The van der Waals surface area contributed by atoms with Crippen LogP contribution in [0, 0.1) is 0 Å². The molecule has 0 aromatic heterocycles. The Morgan fingerprint density at radius 3 is 2.25 bits per heavy atom. The molecule has 1 aliphatic heterocycles. The van der Waals surface area contributed by atoms with Gasteiger partial charge >= 0.3 is 6.03 Å². The number of hydrogen-bond donors (Lipinski definition) is 2. The number of hydrogen-bond acceptors (Lipinski definition) is 3. The first-order valence-electron chi connectivity index (χ1n) is 7.20. The maximum atomic E-state index is 11.9. The molecule has 6 nitrogen and oxygen atoms in total. The summed E-state index contributed by atoms with van der Waals surface area (Å²) < 4.78 is 25.4. The highest BCUT2D eigenvalue weighted by atomic mass is 32.2. The maximum absolute atomic E-state index is 11.9. The Morgan fingerprint density at radius 2 is 1.80 bits per heavy atom. The van der Waals surface area contributed by atoms with Gasteiger partial charge in [0.05, 0.1) is 5.75 Å². The number of amides is 2. The van der Waals surface area contributed by atoms with Gasteiger partial charge in [0, 0.05) is 24.7 Å². The minimum atomic E-state index is -3.11. The number of carbonyl (C=O) groups is 1. The van der Waals surface area contributed by atoms with Crippen LogP contribution >= 0.6 is 0 Å². The molecule has 0 saturated carbocycles. The monoisotopic (exact) mass is 305 g/mol. The van der Waals surface area contributed by atoms with Crippen LogP contribution in [-0.2, 0) is 10.0 Å². The zero-order valence-electron chi connectivity index (χ0n) is 12.9. The van der Waals surface area contributed by atoms with Gasteiger partial charge in [-0.3, -0.25) is 0 Å². The molecule has 7 heteroatoms. The van der Waals surface area contributed by atoms with Gasteiger partial charge in [-0.05, 0) is 40.0 Å². The van der Waals surface area contributed by atoms with Gasteiger partial charge in [-0.25, -0.2) is 17.5 Å². The van der Waals surface area contributed by atoms with Crippen molar-refractivity contribution in [2.75, 3.05) is 18.8 Å². The smallest absolute Gasteiger partial charge is 0.315 e. The van der Waals surface area contributed by atoms with E-state index in [-0.39, 0.29) is 23.4 Å². The van der Waals surface area contributed by atoms with E-state index in [1.807, 2.05) is 27.7 Å². The van der Waals surface area contributed by atoms with E-state index in [4.69, 9.17) is 0 Å². The molecule has 0 unspecified atom stereocenters. The van der Waals surface area contributed by atoms with Crippen molar-refractivity contribution < 1.29 is 13.2 Å². The molecule has 118 valence electrons. The molecule has 1 saturated heterocycles. The van der Waals surface area contributed by atoms with Gasteiger partial charge < -0.3 is 10.6 Å². The van der Waals surface area contributed by atoms with Gasteiger partial charge in [0.15, 0.2) is 0 Å². The SMILES string of the molecule is CCCS(=O)(=O)N1CCC(NC(=O)NC(C)(C)C)CC1. The highest BCUT2D eigenvalue weighted by Crippen LogP contribution is 2.15. The van der Waals surface area contributed by atoms with Gasteiger partial charge in [-0.2, -0.15) is 0 Å². The summed E-state index contributed by atoms with van der Waals surface area (Å²) >= 11 is 0. The predicted molar refractivity (Wildman–Crippen MR) is 80.1 cm³/mol. The van der Waals surface area contributed by atoms with E-state index in [0.29, 0.717) is 32.4 Å². The molecule has 0 radical (unpaired) electrons. The third-order valence-corrected chi connectivity index (χ3v) is 5.21. The second kappa shape index (κ2) is 6.76. The number of sulfonamides is 1. The molecule has 0 spiro atoms. The summed E-state index contributed by atoms with van der Waals surface area (Å²) in [5, 5.41) is 5.75. The highest BCUT2D eigenvalue weighted by molar-refractivity contribution is 7.89. The number of rotatable bonds is 4. The maximum Gasteiger partial charge on any atom is 0.315 e. The summed E-state index contributed by atoms with van der Waals surface area (Å²) in [5.74, 6) is 0.204. The summed E-state index contributed by atoms with van der Waals surface area (Å²) in [7, 11) is -3.11. The van der Waals surface area contributed by atoms with E-state index in [9.17, 15) is 13.2 Å². The minimum Gasteiger partial charge on any atom is -0.335 e. The lowest BCUT2D eigenvalue weighted by Gasteiger charge is -2.32. The Labute approximate surface area is 122 Å². The fraction of sp³-hybridized carbons (Fsp3) is 0.923. The van der Waals surface area contributed by atoms with Crippen molar-refractivity contribution in [3.63, 3.8) is 0 Å². The van der Waals surface area contributed by atoms with Gasteiger partial charge in [0.2, 0.25) is 10.0 Å². The summed E-state index contributed by atoms with van der Waals surface area (Å²) in [6, 6.07) is -0.141. The van der Waals surface area contributed by atoms with Crippen molar-refractivity contribution >= 4 is 16.1 Å². The van der Waals surface area contributed by atoms with Crippen LogP contribution in [0.2, 0.25) is 0 Å². The van der Waals surface area contributed by atoms with E-state index in [2.05, 4.69) is 10.6 Å². The molecular weight excluding hydrogens is 278 g/mol. The fourth-order valence-electron chi connectivity index (χ4n) is 2.23. The highest BCUT2D eigenvalue weighted by Gasteiger charge is 2.28. The first kappa shape index (κ1) is 17.2. The average Bonchev–Trinajstić information content (AvgIpc) is 2.26. The van der Waals surface area contributed by atoms with Crippen LogP contribution in [0.4, 0.5) is 4.79 Å². The van der Waals surface area contributed by atoms with E-state index in [0.717, 1.165) is 0 Å². The van der Waals surface area contributed by atoms with Crippen LogP contribution in [-0.4, -0.2) is 49.2 Å². The Bertz CT molecular complexity index is 421. The Hall–Kier alpha value is -0.820. The molecule has 1 aliphatic rings. The van der Waals surface area contributed by atoms with E-state index < -0.39 is 10.0 Å². The number of carbonyl (C=O) groups excluding carboxylic acids is 1. The molecule has 0 aromatic carbocycles. The molecular formula is C13H27N3O3S. The van der Waals surface area contributed by atoms with Crippen LogP contribution in [0.25, 0.3) is 0 Å². The van der Waals surface area contributed by atoms with Gasteiger partial charge in [0.25, 0.3) is 0 Å². The van der Waals surface area contributed by atoms with Crippen LogP contribution in [0.3, 0.4) is 0 Å². The van der Waals surface area contributed by atoms with Crippen LogP contribution in [0.5, 0.6) is 0 Å². The van der Waals surface area contributed by atoms with Crippen molar-refractivity contribution in [1.29, 1.82) is 0 Å². The van der Waals surface area contributed by atoms with Gasteiger partial charge in [0.1, 0.15) is 0 Å². The summed E-state index contributed by atoms with van der Waals surface area (Å²) in [6.45, 7) is 8.61. The average molecular weight is 305 g/mol. The zero-order chi connectivity index (χ0) is 15.4. The number of urea groups is 1. The molecule has 2 N–H and O–H groups in total. The lowest BCUT2D eigenvalue weighted by molar-refractivity contribution is 0.219. The largest absolute Gasteiger partial charge is 0.335 e. The van der Waals surface area contributed by atoms with Gasteiger partial charge in [-0.1, -0.05) is 6.92 Å². The predicted octanol–water partition coefficient (Wildman–Crippen LogP) is 1.29. The Balaban J connectivity index is 2.41. The first-order valence-corrected chi connectivity index (χ1v) is 8.81. The van der Waals surface area contributed by atoms with E-state index in [1.54, 1.807) is 0 Å². The number of nitrogens with one attached hydrogen (secondary N) is 2. The third-order valence-electron chi connectivity index (χ3n) is 3.13. The molecule has 1 fully saturated rings. The lowest BCUT2D eigenvalue weighted by Crippen LogP contribution is -2.52. The third kappa shape index (κ3) is 5.66. The second-order valence-electron chi connectivity index (χ2n) is 6.34. The van der Waals surface area contributed by atoms with Crippen molar-refractivity contribution in [2.24, 2.45) is 0 Å². The molecule has 1 heterocycles. The van der Waals surface area contributed by atoms with Crippen LogP contribution < -0.4 is 10.6 Å². The number of nitrogens with zero attached hydrogens (tertiary/aromatic N) is 1. The zero-order valence-corrected chi connectivity index (χ0v) is 13.7.